The Labute approximate surface area is 45.1 Å². The van der Waals surface area contributed by atoms with Gasteiger partial charge in [0, 0.05) is 0 Å². The molecule has 0 aromatic carbocycles. The molecule has 0 amide bonds. The van der Waals surface area contributed by atoms with Crippen molar-refractivity contribution < 1.29 is 19.4 Å². The fourth-order valence-electron chi connectivity index (χ4n) is 0.463. The van der Waals surface area contributed by atoms with Crippen LogP contribution in [0.5, 0.6) is 0 Å². The van der Waals surface area contributed by atoms with Gasteiger partial charge >= 0.3 is 11.9 Å². The molecule has 1 atom stereocenters. The Morgan fingerprint density at radius 2 is 2.25 bits per heavy atom. The maximum absolute atomic E-state index is 10.1. The largest absolute Gasteiger partial charge is 0.391 e. The zero-order valence-corrected chi connectivity index (χ0v) is 3.96. The number of carbonyl (C=O) groups is 2. The second kappa shape index (κ2) is 1.56. The molecule has 1 aliphatic rings. The first-order valence-electron chi connectivity index (χ1n) is 2.13. The Bertz CT molecular complexity index is 139. The first kappa shape index (κ1) is 5.24. The van der Waals surface area contributed by atoms with E-state index in [4.69, 9.17) is 5.11 Å². The minimum Gasteiger partial charge on any atom is -0.391 e. The summed E-state index contributed by atoms with van der Waals surface area (Å²) >= 11 is 0. The maximum Gasteiger partial charge on any atom is 0.343 e. The van der Waals surface area contributed by atoms with Gasteiger partial charge in [0.05, 0.1) is 6.42 Å². The summed E-state index contributed by atoms with van der Waals surface area (Å²) in [4.78, 5) is 20.2. The number of esters is 2. The molecule has 0 spiro atoms. The lowest BCUT2D eigenvalue weighted by atomic mass is 10.3. The van der Waals surface area contributed by atoms with E-state index in [-0.39, 0.29) is 6.42 Å². The lowest BCUT2D eigenvalue weighted by Gasteiger charge is -1.86. The molecule has 0 aromatic heterocycles. The van der Waals surface area contributed by atoms with Crippen molar-refractivity contribution in [3.8, 4) is 0 Å². The van der Waals surface area contributed by atoms with E-state index < -0.39 is 18.0 Å². The molecule has 4 nitrogen and oxygen atoms in total. The SMILES string of the molecule is O=C1CC(O)C(=O)O1. The number of aliphatic hydroxyl groups excluding tert-OH is 1. The molecule has 0 saturated carbocycles. The van der Waals surface area contributed by atoms with E-state index in [1.807, 2.05) is 0 Å². The van der Waals surface area contributed by atoms with Crippen LogP contribution in [0.15, 0.2) is 0 Å². The van der Waals surface area contributed by atoms with E-state index >= 15 is 0 Å². The highest BCUT2D eigenvalue weighted by molar-refractivity contribution is 5.95. The summed E-state index contributed by atoms with van der Waals surface area (Å²) in [6.45, 7) is 0. The molecule has 1 fully saturated rings. The predicted octanol–water partition coefficient (Wildman–Crippen LogP) is -1.18. The third-order valence-electron chi connectivity index (χ3n) is 0.847. The van der Waals surface area contributed by atoms with Crippen molar-refractivity contribution >= 4 is 11.9 Å². The molecule has 1 aliphatic heterocycles. The molecule has 0 aliphatic carbocycles. The van der Waals surface area contributed by atoms with Crippen LogP contribution in [0, 0.1) is 0 Å². The molecule has 1 rings (SSSR count). The summed E-state index contributed by atoms with van der Waals surface area (Å²) in [5, 5.41) is 8.47. The Hall–Kier alpha value is -0.900. The zero-order chi connectivity index (χ0) is 6.15. The first-order valence-corrected chi connectivity index (χ1v) is 2.13. The third kappa shape index (κ3) is 0.696. The Kier molecular flexibility index (Phi) is 1.02. The first-order chi connectivity index (χ1) is 3.70. The van der Waals surface area contributed by atoms with Crippen molar-refractivity contribution in [1.29, 1.82) is 0 Å². The Balaban J connectivity index is 2.64. The van der Waals surface area contributed by atoms with Gasteiger partial charge in [-0.3, -0.25) is 4.79 Å². The quantitative estimate of drug-likeness (QED) is 0.319. The number of carbonyl (C=O) groups excluding carboxylic acids is 2. The molecule has 1 heterocycles. The molecular formula is C4H4O4. The van der Waals surface area contributed by atoms with Gasteiger partial charge in [-0.25, -0.2) is 4.79 Å². The average molecular weight is 116 g/mol. The number of hydrogen-bond acceptors (Lipinski definition) is 4. The van der Waals surface area contributed by atoms with Crippen LogP contribution in [0.25, 0.3) is 0 Å². The lowest BCUT2D eigenvalue weighted by molar-refractivity contribution is -0.154. The van der Waals surface area contributed by atoms with Crippen LogP contribution in [-0.2, 0) is 14.3 Å². The fourth-order valence-corrected chi connectivity index (χ4v) is 0.463. The van der Waals surface area contributed by atoms with Crippen LogP contribution < -0.4 is 0 Å². The van der Waals surface area contributed by atoms with E-state index in [1.165, 1.54) is 0 Å². The molecule has 0 aromatic rings. The molecule has 8 heavy (non-hydrogen) atoms. The van der Waals surface area contributed by atoms with Gasteiger partial charge in [-0.1, -0.05) is 0 Å². The van der Waals surface area contributed by atoms with Crippen LogP contribution in [0.1, 0.15) is 6.42 Å². The molecule has 44 valence electrons. The van der Waals surface area contributed by atoms with Gasteiger partial charge in [-0.05, 0) is 0 Å². The predicted molar refractivity (Wildman–Crippen MR) is 21.7 cm³/mol. The smallest absolute Gasteiger partial charge is 0.343 e. The van der Waals surface area contributed by atoms with Crippen LogP contribution in [0.2, 0.25) is 0 Å². The molecule has 0 bridgehead atoms. The molecule has 1 N–H and O–H groups in total. The molecular weight excluding hydrogens is 112 g/mol. The minimum atomic E-state index is -1.22. The number of hydrogen-bond donors (Lipinski definition) is 1. The molecule has 1 saturated heterocycles. The highest BCUT2D eigenvalue weighted by Gasteiger charge is 2.30. The highest BCUT2D eigenvalue weighted by Crippen LogP contribution is 2.05. The number of ether oxygens (including phenoxy) is 1. The second-order valence-electron chi connectivity index (χ2n) is 1.51. The van der Waals surface area contributed by atoms with Crippen LogP contribution >= 0.6 is 0 Å². The summed E-state index contributed by atoms with van der Waals surface area (Å²) in [6, 6.07) is 0. The van der Waals surface area contributed by atoms with E-state index in [9.17, 15) is 9.59 Å². The van der Waals surface area contributed by atoms with Gasteiger partial charge in [0.2, 0.25) is 0 Å². The standard InChI is InChI=1S/C4H4O4/c5-2-1-3(6)8-4(2)7/h2,5H,1H2. The van der Waals surface area contributed by atoms with Crippen molar-refractivity contribution in [3.63, 3.8) is 0 Å². The van der Waals surface area contributed by atoms with Gasteiger partial charge in [0.1, 0.15) is 0 Å². The van der Waals surface area contributed by atoms with Crippen molar-refractivity contribution in [1.82, 2.24) is 0 Å². The number of cyclic esters (lactones) is 2. The van der Waals surface area contributed by atoms with Gasteiger partial charge in [0.15, 0.2) is 6.10 Å². The number of rotatable bonds is 0. The Morgan fingerprint density at radius 1 is 1.62 bits per heavy atom. The summed E-state index contributed by atoms with van der Waals surface area (Å²) in [6.07, 6.45) is -1.42. The van der Waals surface area contributed by atoms with Crippen molar-refractivity contribution in [2.45, 2.75) is 12.5 Å². The van der Waals surface area contributed by atoms with Crippen LogP contribution in [0.4, 0.5) is 0 Å². The van der Waals surface area contributed by atoms with E-state index in [0.717, 1.165) is 0 Å². The monoisotopic (exact) mass is 116 g/mol. The van der Waals surface area contributed by atoms with Crippen molar-refractivity contribution in [2.24, 2.45) is 0 Å². The average Bonchev–Trinajstić information content (AvgIpc) is 1.85. The molecule has 4 heteroatoms. The van der Waals surface area contributed by atoms with Gasteiger partial charge in [-0.15, -0.1) is 0 Å². The topological polar surface area (TPSA) is 63.6 Å². The summed E-state index contributed by atoms with van der Waals surface area (Å²) < 4.78 is 3.95. The molecule has 0 radical (unpaired) electrons. The summed E-state index contributed by atoms with van der Waals surface area (Å²) in [5.41, 5.74) is 0. The second-order valence-corrected chi connectivity index (χ2v) is 1.51. The molecule has 1 unspecified atom stereocenters. The van der Waals surface area contributed by atoms with Gasteiger partial charge < -0.3 is 9.84 Å². The van der Waals surface area contributed by atoms with Crippen molar-refractivity contribution in [2.75, 3.05) is 0 Å². The maximum atomic E-state index is 10.1. The van der Waals surface area contributed by atoms with Crippen LogP contribution in [-0.4, -0.2) is 23.1 Å². The summed E-state index contributed by atoms with van der Waals surface area (Å²) in [7, 11) is 0. The van der Waals surface area contributed by atoms with Gasteiger partial charge in [0.25, 0.3) is 0 Å². The number of aliphatic hydroxyl groups is 1. The fraction of sp³-hybridized carbons (Fsp3) is 0.500. The van der Waals surface area contributed by atoms with Crippen molar-refractivity contribution in [3.05, 3.63) is 0 Å². The summed E-state index contributed by atoms with van der Waals surface area (Å²) in [5.74, 6) is -1.49. The van der Waals surface area contributed by atoms with E-state index in [0.29, 0.717) is 0 Å². The van der Waals surface area contributed by atoms with E-state index in [1.54, 1.807) is 0 Å². The highest BCUT2D eigenvalue weighted by atomic mass is 16.6. The lowest BCUT2D eigenvalue weighted by Crippen LogP contribution is -2.11. The van der Waals surface area contributed by atoms with E-state index in [2.05, 4.69) is 4.74 Å². The third-order valence-corrected chi connectivity index (χ3v) is 0.847. The minimum absolute atomic E-state index is 0.196. The Morgan fingerprint density at radius 3 is 2.38 bits per heavy atom. The zero-order valence-electron chi connectivity index (χ0n) is 3.96. The van der Waals surface area contributed by atoms with Crippen LogP contribution in [0.3, 0.4) is 0 Å². The van der Waals surface area contributed by atoms with Gasteiger partial charge in [-0.2, -0.15) is 0 Å². The normalized spacial score (nSPS) is 28.4.